The molecule has 1 atom stereocenters. The van der Waals surface area contributed by atoms with Gasteiger partial charge in [0.2, 0.25) is 5.91 Å². The molecule has 1 aromatic heterocycles. The molecule has 1 N–H and O–H groups in total. The number of rotatable bonds is 4. The Morgan fingerprint density at radius 3 is 2.89 bits per heavy atom. The Bertz CT molecular complexity index is 847. The lowest BCUT2D eigenvalue weighted by Crippen LogP contribution is -2.51. The molecular formula is C20H22FN3O2S. The average Bonchev–Trinajstić information content (AvgIpc) is 3.34. The fraction of sp³-hybridized carbons (Fsp3) is 0.400. The van der Waals surface area contributed by atoms with E-state index in [1.54, 1.807) is 21.9 Å². The van der Waals surface area contributed by atoms with Crippen molar-refractivity contribution in [2.24, 2.45) is 0 Å². The highest BCUT2D eigenvalue weighted by atomic mass is 32.1. The summed E-state index contributed by atoms with van der Waals surface area (Å²) in [7, 11) is 0. The minimum Gasteiger partial charge on any atom is -0.335 e. The Labute approximate surface area is 161 Å². The van der Waals surface area contributed by atoms with Crippen LogP contribution in [-0.4, -0.2) is 47.8 Å². The summed E-state index contributed by atoms with van der Waals surface area (Å²) in [6, 6.07) is 10.5. The van der Waals surface area contributed by atoms with Crippen LogP contribution >= 0.6 is 11.3 Å². The molecule has 2 aliphatic rings. The number of carbonyl (C=O) groups excluding carboxylic acids is 2. The van der Waals surface area contributed by atoms with Crippen LogP contribution < -0.4 is 5.32 Å². The first-order chi connectivity index (χ1) is 13.1. The summed E-state index contributed by atoms with van der Waals surface area (Å²) in [5, 5.41) is 3.44. The van der Waals surface area contributed by atoms with Gasteiger partial charge in [-0.05, 0) is 49.2 Å². The largest absolute Gasteiger partial charge is 0.335 e. The van der Waals surface area contributed by atoms with Gasteiger partial charge in [0, 0.05) is 30.6 Å². The van der Waals surface area contributed by atoms with Crippen LogP contribution in [0.1, 0.15) is 39.0 Å². The van der Waals surface area contributed by atoms with E-state index < -0.39 is 0 Å². The molecule has 0 bridgehead atoms. The first kappa shape index (κ1) is 18.1. The van der Waals surface area contributed by atoms with Gasteiger partial charge in [-0.3, -0.25) is 9.59 Å². The predicted octanol–water partition coefficient (Wildman–Crippen LogP) is 2.80. The standard InChI is InChI=1S/C20H22FN3O2S/c21-15-4-1-3-14(11-15)12-23-9-10-24(13-19(23)25)20(26)18-7-6-17(27-18)16-5-2-8-22-16/h1,3-4,6-7,11,16,22H,2,5,8-10,12-13H2. The zero-order chi connectivity index (χ0) is 18.8. The lowest BCUT2D eigenvalue weighted by molar-refractivity contribution is -0.135. The van der Waals surface area contributed by atoms with Crippen molar-refractivity contribution < 1.29 is 14.0 Å². The number of nitrogens with zero attached hydrogens (tertiary/aromatic N) is 2. The molecule has 2 amide bonds. The highest BCUT2D eigenvalue weighted by Crippen LogP contribution is 2.30. The SMILES string of the molecule is O=C1CN(C(=O)c2ccc(C3CCCN3)s2)CCN1Cc1cccc(F)c1. The van der Waals surface area contributed by atoms with E-state index >= 15 is 0 Å². The predicted molar refractivity (Wildman–Crippen MR) is 102 cm³/mol. The highest BCUT2D eigenvalue weighted by Gasteiger charge is 2.29. The molecule has 0 saturated carbocycles. The minimum absolute atomic E-state index is 0.0725. The van der Waals surface area contributed by atoms with Crippen LogP contribution in [0.5, 0.6) is 0 Å². The van der Waals surface area contributed by atoms with E-state index in [9.17, 15) is 14.0 Å². The third kappa shape index (κ3) is 4.04. The second-order valence-corrected chi connectivity index (χ2v) is 8.14. The van der Waals surface area contributed by atoms with E-state index in [1.165, 1.54) is 28.3 Å². The summed E-state index contributed by atoms with van der Waals surface area (Å²) >= 11 is 1.52. The lowest BCUT2D eigenvalue weighted by atomic mass is 10.2. The van der Waals surface area contributed by atoms with Gasteiger partial charge in [-0.25, -0.2) is 4.39 Å². The monoisotopic (exact) mass is 387 g/mol. The minimum atomic E-state index is -0.306. The van der Waals surface area contributed by atoms with Gasteiger partial charge in [-0.2, -0.15) is 0 Å². The first-order valence-corrected chi connectivity index (χ1v) is 10.1. The van der Waals surface area contributed by atoms with Crippen molar-refractivity contribution in [3.8, 4) is 0 Å². The van der Waals surface area contributed by atoms with E-state index in [2.05, 4.69) is 5.32 Å². The van der Waals surface area contributed by atoms with Crippen LogP contribution in [0.2, 0.25) is 0 Å². The number of hydrogen-bond acceptors (Lipinski definition) is 4. The van der Waals surface area contributed by atoms with Crippen LogP contribution in [0, 0.1) is 5.82 Å². The molecule has 1 unspecified atom stereocenters. The van der Waals surface area contributed by atoms with Gasteiger partial charge in [-0.1, -0.05) is 12.1 Å². The van der Waals surface area contributed by atoms with Crippen LogP contribution in [0.15, 0.2) is 36.4 Å². The van der Waals surface area contributed by atoms with Crippen molar-refractivity contribution in [1.82, 2.24) is 15.1 Å². The third-order valence-corrected chi connectivity index (χ3v) is 6.30. The zero-order valence-corrected chi connectivity index (χ0v) is 15.8. The molecule has 2 aromatic rings. The fourth-order valence-electron chi connectivity index (χ4n) is 3.64. The van der Waals surface area contributed by atoms with Crippen molar-refractivity contribution in [3.63, 3.8) is 0 Å². The Morgan fingerprint density at radius 2 is 2.15 bits per heavy atom. The maximum absolute atomic E-state index is 13.3. The molecule has 4 rings (SSSR count). The Kier molecular flexibility index (Phi) is 5.22. The molecule has 0 spiro atoms. The molecule has 1 aromatic carbocycles. The van der Waals surface area contributed by atoms with Crippen molar-refractivity contribution in [2.75, 3.05) is 26.2 Å². The van der Waals surface area contributed by atoms with Crippen LogP contribution in [-0.2, 0) is 11.3 Å². The van der Waals surface area contributed by atoms with Crippen LogP contribution in [0.25, 0.3) is 0 Å². The van der Waals surface area contributed by atoms with Gasteiger partial charge in [0.25, 0.3) is 5.91 Å². The van der Waals surface area contributed by atoms with Crippen molar-refractivity contribution in [3.05, 3.63) is 57.5 Å². The fourth-order valence-corrected chi connectivity index (χ4v) is 4.73. The van der Waals surface area contributed by atoms with Gasteiger partial charge in [0.15, 0.2) is 0 Å². The van der Waals surface area contributed by atoms with Crippen LogP contribution in [0.3, 0.4) is 0 Å². The molecule has 142 valence electrons. The summed E-state index contributed by atoms with van der Waals surface area (Å²) in [6.07, 6.45) is 2.26. The van der Waals surface area contributed by atoms with Gasteiger partial charge in [-0.15, -0.1) is 11.3 Å². The van der Waals surface area contributed by atoms with Crippen LogP contribution in [0.4, 0.5) is 4.39 Å². The molecule has 7 heteroatoms. The molecular weight excluding hydrogens is 365 g/mol. The smallest absolute Gasteiger partial charge is 0.264 e. The van der Waals surface area contributed by atoms with Gasteiger partial charge >= 0.3 is 0 Å². The number of thiophene rings is 1. The summed E-state index contributed by atoms with van der Waals surface area (Å²) in [5.74, 6) is -0.491. The highest BCUT2D eigenvalue weighted by molar-refractivity contribution is 7.14. The Morgan fingerprint density at radius 1 is 1.26 bits per heavy atom. The molecule has 0 radical (unpaired) electrons. The second-order valence-electron chi connectivity index (χ2n) is 7.02. The van der Waals surface area contributed by atoms with E-state index in [-0.39, 0.29) is 24.2 Å². The number of hydrogen-bond donors (Lipinski definition) is 1. The maximum atomic E-state index is 13.3. The molecule has 27 heavy (non-hydrogen) atoms. The Balaban J connectivity index is 1.37. The number of halogens is 1. The van der Waals surface area contributed by atoms with Gasteiger partial charge in [0.1, 0.15) is 12.4 Å². The number of nitrogens with one attached hydrogen (secondary N) is 1. The molecule has 3 heterocycles. The maximum Gasteiger partial charge on any atom is 0.264 e. The molecule has 2 saturated heterocycles. The molecule has 0 aliphatic carbocycles. The Hall–Kier alpha value is -2.25. The van der Waals surface area contributed by atoms with E-state index in [0.717, 1.165) is 24.9 Å². The van der Waals surface area contributed by atoms with E-state index in [1.807, 2.05) is 12.1 Å². The average molecular weight is 387 g/mol. The molecule has 5 nitrogen and oxygen atoms in total. The van der Waals surface area contributed by atoms with E-state index in [0.29, 0.717) is 30.6 Å². The molecule has 2 aliphatic heterocycles. The van der Waals surface area contributed by atoms with Gasteiger partial charge < -0.3 is 15.1 Å². The normalized spacial score (nSPS) is 20.3. The number of amides is 2. The quantitative estimate of drug-likeness (QED) is 0.878. The van der Waals surface area contributed by atoms with Crippen molar-refractivity contribution in [1.29, 1.82) is 0 Å². The summed E-state index contributed by atoms with van der Waals surface area (Å²) in [5.41, 5.74) is 0.759. The first-order valence-electron chi connectivity index (χ1n) is 9.25. The van der Waals surface area contributed by atoms with Crippen molar-refractivity contribution >= 4 is 23.2 Å². The van der Waals surface area contributed by atoms with Crippen molar-refractivity contribution in [2.45, 2.75) is 25.4 Å². The third-order valence-electron chi connectivity index (χ3n) is 5.11. The summed E-state index contributed by atoms with van der Waals surface area (Å²) in [4.78, 5) is 30.4. The second kappa shape index (κ2) is 7.78. The van der Waals surface area contributed by atoms with Gasteiger partial charge in [0.05, 0.1) is 4.88 Å². The number of piperazine rings is 1. The summed E-state index contributed by atoms with van der Waals surface area (Å²) in [6.45, 7) is 2.42. The number of benzene rings is 1. The van der Waals surface area contributed by atoms with E-state index in [4.69, 9.17) is 0 Å². The topological polar surface area (TPSA) is 52.7 Å². The summed E-state index contributed by atoms with van der Waals surface area (Å²) < 4.78 is 13.3. The lowest BCUT2D eigenvalue weighted by Gasteiger charge is -2.34. The zero-order valence-electron chi connectivity index (χ0n) is 15.0. The molecule has 2 fully saturated rings. The number of carbonyl (C=O) groups is 2.